The lowest BCUT2D eigenvalue weighted by molar-refractivity contribution is -0.144. The highest BCUT2D eigenvalue weighted by Crippen LogP contribution is 2.21. The Hall–Kier alpha value is -1.58. The fraction of sp³-hybridized carbons (Fsp3) is 0.533. The molecular formula is C15H20F2N2O4S. The van der Waals surface area contributed by atoms with Gasteiger partial charge >= 0.3 is 5.97 Å². The van der Waals surface area contributed by atoms with Gasteiger partial charge in [0.1, 0.15) is 16.5 Å². The van der Waals surface area contributed by atoms with Crippen molar-refractivity contribution in [1.29, 1.82) is 0 Å². The van der Waals surface area contributed by atoms with E-state index in [-0.39, 0.29) is 32.2 Å². The third-order valence-corrected chi connectivity index (χ3v) is 5.63. The molecule has 134 valence electrons. The molecule has 1 saturated heterocycles. The number of nitrogens with zero attached hydrogens (tertiary/aromatic N) is 2. The second-order valence-corrected chi connectivity index (χ2v) is 7.32. The monoisotopic (exact) mass is 362 g/mol. The molecule has 1 aliphatic rings. The minimum Gasteiger partial charge on any atom is -0.465 e. The summed E-state index contributed by atoms with van der Waals surface area (Å²) in [6.45, 7) is 3.19. The zero-order chi connectivity index (χ0) is 17.7. The highest BCUT2D eigenvalue weighted by Gasteiger charge is 2.30. The summed E-state index contributed by atoms with van der Waals surface area (Å²) >= 11 is 0. The predicted molar refractivity (Wildman–Crippen MR) is 82.8 cm³/mol. The van der Waals surface area contributed by atoms with Crippen molar-refractivity contribution in [3.05, 3.63) is 29.8 Å². The van der Waals surface area contributed by atoms with Gasteiger partial charge in [-0.3, -0.25) is 9.69 Å². The van der Waals surface area contributed by atoms with Crippen LogP contribution in [0.2, 0.25) is 0 Å². The van der Waals surface area contributed by atoms with E-state index in [4.69, 9.17) is 4.74 Å². The second-order valence-electron chi connectivity index (χ2n) is 5.41. The van der Waals surface area contributed by atoms with E-state index in [0.29, 0.717) is 25.6 Å². The van der Waals surface area contributed by atoms with Gasteiger partial charge < -0.3 is 4.74 Å². The molecule has 1 aromatic rings. The summed E-state index contributed by atoms with van der Waals surface area (Å²) in [4.78, 5) is 12.6. The molecule has 0 amide bonds. The summed E-state index contributed by atoms with van der Waals surface area (Å²) < 4.78 is 58.2. The van der Waals surface area contributed by atoms with Crippen molar-refractivity contribution < 1.29 is 26.7 Å². The van der Waals surface area contributed by atoms with Crippen LogP contribution in [0.4, 0.5) is 8.78 Å². The number of esters is 1. The van der Waals surface area contributed by atoms with Gasteiger partial charge in [-0.25, -0.2) is 17.2 Å². The number of rotatable bonds is 5. The first kappa shape index (κ1) is 18.8. The van der Waals surface area contributed by atoms with Gasteiger partial charge in [-0.2, -0.15) is 4.31 Å². The molecule has 2 rings (SSSR count). The maximum atomic E-state index is 13.8. The van der Waals surface area contributed by atoms with Crippen molar-refractivity contribution in [2.45, 2.75) is 18.2 Å². The van der Waals surface area contributed by atoms with E-state index in [1.165, 1.54) is 0 Å². The van der Waals surface area contributed by atoms with Gasteiger partial charge in [0.25, 0.3) is 0 Å². The standard InChI is InChI=1S/C15H20F2N2O4S/c1-2-23-15(20)11-18-6-3-7-19(9-8-18)24(21,22)14-10-12(16)4-5-13(14)17/h4-5,10H,2-3,6-9,11H2,1H3. The predicted octanol–water partition coefficient (Wildman–Crippen LogP) is 1.22. The van der Waals surface area contributed by atoms with Crippen LogP contribution in [0, 0.1) is 11.6 Å². The van der Waals surface area contributed by atoms with Crippen molar-refractivity contribution in [2.24, 2.45) is 0 Å². The van der Waals surface area contributed by atoms with Crippen LogP contribution < -0.4 is 0 Å². The van der Waals surface area contributed by atoms with Gasteiger partial charge in [-0.15, -0.1) is 0 Å². The molecule has 0 bridgehead atoms. The average molecular weight is 362 g/mol. The lowest BCUT2D eigenvalue weighted by Crippen LogP contribution is -2.37. The number of hydrogen-bond acceptors (Lipinski definition) is 5. The summed E-state index contributed by atoms with van der Waals surface area (Å²) in [6.07, 6.45) is 0.482. The molecule has 0 radical (unpaired) electrons. The Kier molecular flexibility index (Phi) is 6.25. The number of sulfonamides is 1. The summed E-state index contributed by atoms with van der Waals surface area (Å²) in [5.74, 6) is -2.16. The third kappa shape index (κ3) is 4.49. The topological polar surface area (TPSA) is 66.9 Å². The fourth-order valence-corrected chi connectivity index (χ4v) is 4.09. The zero-order valence-corrected chi connectivity index (χ0v) is 14.2. The molecule has 0 aliphatic carbocycles. The van der Waals surface area contributed by atoms with Gasteiger partial charge in [0.15, 0.2) is 0 Å². The molecular weight excluding hydrogens is 342 g/mol. The van der Waals surface area contributed by atoms with Crippen LogP contribution in [0.3, 0.4) is 0 Å². The second kappa shape index (κ2) is 8.00. The van der Waals surface area contributed by atoms with Crippen LogP contribution >= 0.6 is 0 Å². The van der Waals surface area contributed by atoms with E-state index in [9.17, 15) is 22.0 Å². The van der Waals surface area contributed by atoms with Crippen LogP contribution in [0.25, 0.3) is 0 Å². The number of carbonyl (C=O) groups excluding carboxylic acids is 1. The molecule has 1 heterocycles. The molecule has 0 aromatic heterocycles. The van der Waals surface area contributed by atoms with E-state index in [0.717, 1.165) is 16.4 Å². The maximum absolute atomic E-state index is 13.8. The molecule has 0 atom stereocenters. The Morgan fingerprint density at radius 1 is 1.21 bits per heavy atom. The number of halogens is 2. The molecule has 9 heteroatoms. The summed E-state index contributed by atoms with van der Waals surface area (Å²) in [7, 11) is -4.13. The Labute approximate surface area is 140 Å². The van der Waals surface area contributed by atoms with Crippen LogP contribution in [-0.2, 0) is 19.6 Å². The molecule has 0 saturated carbocycles. The Balaban J connectivity index is 2.10. The van der Waals surface area contributed by atoms with E-state index >= 15 is 0 Å². The molecule has 0 spiro atoms. The number of hydrogen-bond donors (Lipinski definition) is 0. The van der Waals surface area contributed by atoms with E-state index in [2.05, 4.69) is 0 Å². The van der Waals surface area contributed by atoms with Gasteiger partial charge in [-0.1, -0.05) is 0 Å². The lowest BCUT2D eigenvalue weighted by atomic mass is 10.3. The van der Waals surface area contributed by atoms with Crippen molar-refractivity contribution in [3.63, 3.8) is 0 Å². The van der Waals surface area contributed by atoms with Gasteiger partial charge in [0, 0.05) is 26.2 Å². The molecule has 6 nitrogen and oxygen atoms in total. The molecule has 1 fully saturated rings. The first-order valence-corrected chi connectivity index (χ1v) is 9.11. The first-order chi connectivity index (χ1) is 11.3. The van der Waals surface area contributed by atoms with Gasteiger partial charge in [-0.05, 0) is 31.5 Å². The van der Waals surface area contributed by atoms with Gasteiger partial charge in [0.05, 0.1) is 13.2 Å². The summed E-state index contributed by atoms with van der Waals surface area (Å²) in [5.41, 5.74) is 0. The first-order valence-electron chi connectivity index (χ1n) is 7.67. The summed E-state index contributed by atoms with van der Waals surface area (Å²) in [5, 5.41) is 0. The number of ether oxygens (including phenoxy) is 1. The maximum Gasteiger partial charge on any atom is 0.320 e. The molecule has 1 aromatic carbocycles. The van der Waals surface area contributed by atoms with Crippen LogP contribution in [0.15, 0.2) is 23.1 Å². The summed E-state index contributed by atoms with van der Waals surface area (Å²) in [6, 6.07) is 2.36. The highest BCUT2D eigenvalue weighted by atomic mass is 32.2. The number of carbonyl (C=O) groups is 1. The largest absolute Gasteiger partial charge is 0.465 e. The van der Waals surface area contributed by atoms with Crippen LogP contribution in [-0.4, -0.2) is 62.9 Å². The molecule has 24 heavy (non-hydrogen) atoms. The third-order valence-electron chi connectivity index (χ3n) is 3.72. The highest BCUT2D eigenvalue weighted by molar-refractivity contribution is 7.89. The Morgan fingerprint density at radius 2 is 1.96 bits per heavy atom. The zero-order valence-electron chi connectivity index (χ0n) is 13.4. The minimum atomic E-state index is -4.13. The van der Waals surface area contributed by atoms with E-state index < -0.39 is 26.6 Å². The molecule has 0 unspecified atom stereocenters. The Bertz CT molecular complexity index is 697. The minimum absolute atomic E-state index is 0.0794. The van der Waals surface area contributed by atoms with Crippen molar-refractivity contribution in [2.75, 3.05) is 39.3 Å². The van der Waals surface area contributed by atoms with Crippen molar-refractivity contribution >= 4 is 16.0 Å². The van der Waals surface area contributed by atoms with E-state index in [1.807, 2.05) is 0 Å². The smallest absolute Gasteiger partial charge is 0.320 e. The lowest BCUT2D eigenvalue weighted by Gasteiger charge is -2.21. The molecule has 1 aliphatic heterocycles. The van der Waals surface area contributed by atoms with Crippen molar-refractivity contribution in [3.8, 4) is 0 Å². The van der Waals surface area contributed by atoms with Gasteiger partial charge in [0.2, 0.25) is 10.0 Å². The normalized spacial score (nSPS) is 17.5. The van der Waals surface area contributed by atoms with E-state index in [1.54, 1.807) is 11.8 Å². The molecule has 0 N–H and O–H groups in total. The number of benzene rings is 1. The quantitative estimate of drug-likeness (QED) is 0.737. The Morgan fingerprint density at radius 3 is 2.67 bits per heavy atom. The van der Waals surface area contributed by atoms with Crippen molar-refractivity contribution in [1.82, 2.24) is 9.21 Å². The van der Waals surface area contributed by atoms with Crippen LogP contribution in [0.1, 0.15) is 13.3 Å². The average Bonchev–Trinajstić information content (AvgIpc) is 2.76. The van der Waals surface area contributed by atoms with Crippen LogP contribution in [0.5, 0.6) is 0 Å². The fourth-order valence-electron chi connectivity index (χ4n) is 2.55. The SMILES string of the molecule is CCOC(=O)CN1CCCN(S(=O)(=O)c2cc(F)ccc2F)CC1.